The molecule has 0 saturated heterocycles. The maximum Gasteiger partial charge on any atom is 0.306 e. The van der Waals surface area contributed by atoms with Gasteiger partial charge in [-0.15, -0.1) is 0 Å². The van der Waals surface area contributed by atoms with Gasteiger partial charge in [-0.3, -0.25) is 9.59 Å². The number of carbonyl (C=O) groups excluding carboxylic acids is 2. The van der Waals surface area contributed by atoms with E-state index in [-0.39, 0.29) is 25.2 Å². The minimum Gasteiger partial charge on any atom is -0.462 e. The highest BCUT2D eigenvalue weighted by atomic mass is 16.6. The molecule has 0 spiro atoms. The van der Waals surface area contributed by atoms with Gasteiger partial charge in [0, 0.05) is 12.8 Å². The zero-order valence-electron chi connectivity index (χ0n) is 47.9. The van der Waals surface area contributed by atoms with E-state index in [4.69, 9.17) is 9.47 Å². The van der Waals surface area contributed by atoms with Crippen LogP contribution in [0.25, 0.3) is 0 Å². The van der Waals surface area contributed by atoms with Crippen molar-refractivity contribution < 1.29 is 24.2 Å². The second kappa shape index (κ2) is 62.6. The summed E-state index contributed by atoms with van der Waals surface area (Å²) in [6.07, 6.45) is 86.3. The Morgan fingerprint density at radius 1 is 0.333 bits per heavy atom. The number of hydrogen-bond donors (Lipinski definition) is 1. The van der Waals surface area contributed by atoms with Crippen molar-refractivity contribution in [2.75, 3.05) is 13.2 Å². The van der Waals surface area contributed by atoms with Crippen molar-refractivity contribution in [3.05, 3.63) is 72.9 Å². The second-order valence-electron chi connectivity index (χ2n) is 21.1. The Hall–Kier alpha value is -2.66. The molecule has 0 aliphatic heterocycles. The molecule has 418 valence electrons. The molecule has 5 nitrogen and oxygen atoms in total. The van der Waals surface area contributed by atoms with Crippen LogP contribution in [0.4, 0.5) is 0 Å². The highest BCUT2D eigenvalue weighted by Crippen LogP contribution is 2.18. The number of esters is 2. The zero-order chi connectivity index (χ0) is 52.0. The maximum atomic E-state index is 12.3. The molecular weight excluding hydrogens is 885 g/mol. The van der Waals surface area contributed by atoms with E-state index in [1.165, 1.54) is 218 Å². The summed E-state index contributed by atoms with van der Waals surface area (Å²) in [6, 6.07) is 0. The van der Waals surface area contributed by atoms with Gasteiger partial charge in [-0.05, 0) is 83.5 Å². The molecule has 1 N–H and O–H groups in total. The summed E-state index contributed by atoms with van der Waals surface area (Å²) >= 11 is 0. The van der Waals surface area contributed by atoms with Crippen LogP contribution in [-0.4, -0.2) is 36.4 Å². The van der Waals surface area contributed by atoms with Crippen LogP contribution >= 0.6 is 0 Å². The van der Waals surface area contributed by atoms with Crippen LogP contribution in [-0.2, 0) is 19.1 Å². The lowest BCUT2D eigenvalue weighted by Gasteiger charge is -2.15. The Morgan fingerprint density at radius 3 is 0.903 bits per heavy atom. The van der Waals surface area contributed by atoms with Gasteiger partial charge in [0.05, 0.1) is 6.61 Å². The van der Waals surface area contributed by atoms with Crippen LogP contribution in [0.1, 0.15) is 322 Å². The van der Waals surface area contributed by atoms with Crippen LogP contribution in [0, 0.1) is 0 Å². The van der Waals surface area contributed by atoms with Crippen molar-refractivity contribution in [2.45, 2.75) is 328 Å². The molecule has 0 rings (SSSR count). The largest absolute Gasteiger partial charge is 0.462 e. The zero-order valence-corrected chi connectivity index (χ0v) is 47.9. The van der Waals surface area contributed by atoms with E-state index in [9.17, 15) is 14.7 Å². The highest BCUT2D eigenvalue weighted by molar-refractivity contribution is 5.70. The topological polar surface area (TPSA) is 72.8 Å². The third-order valence-corrected chi connectivity index (χ3v) is 14.0. The summed E-state index contributed by atoms with van der Waals surface area (Å²) in [5.74, 6) is -0.596. The van der Waals surface area contributed by atoms with Crippen molar-refractivity contribution >= 4 is 11.9 Å². The monoisotopic (exact) mass is 1000 g/mol. The smallest absolute Gasteiger partial charge is 0.306 e. The predicted molar refractivity (Wildman–Crippen MR) is 316 cm³/mol. The number of rotatable bonds is 58. The number of ether oxygens (including phenoxy) is 2. The first-order valence-corrected chi connectivity index (χ1v) is 31.5. The second-order valence-corrected chi connectivity index (χ2v) is 21.1. The van der Waals surface area contributed by atoms with E-state index in [1.54, 1.807) is 0 Å². The Balaban J connectivity index is 3.40. The molecule has 0 aromatic rings. The average Bonchev–Trinajstić information content (AvgIpc) is 3.38. The molecule has 0 radical (unpaired) electrons. The van der Waals surface area contributed by atoms with Gasteiger partial charge in [0.1, 0.15) is 6.61 Å². The van der Waals surface area contributed by atoms with Gasteiger partial charge < -0.3 is 14.6 Å². The first kappa shape index (κ1) is 69.3. The summed E-state index contributed by atoms with van der Waals surface area (Å²) in [5.41, 5.74) is 0. The first-order valence-electron chi connectivity index (χ1n) is 31.5. The van der Waals surface area contributed by atoms with Gasteiger partial charge in [-0.25, -0.2) is 0 Å². The van der Waals surface area contributed by atoms with Gasteiger partial charge in [-0.2, -0.15) is 0 Å². The summed E-state index contributed by atoms with van der Waals surface area (Å²) < 4.78 is 10.7. The Labute approximate surface area is 448 Å². The van der Waals surface area contributed by atoms with Crippen molar-refractivity contribution in [2.24, 2.45) is 0 Å². The molecule has 1 unspecified atom stereocenters. The molecule has 0 heterocycles. The molecule has 1 atom stereocenters. The van der Waals surface area contributed by atoms with E-state index in [0.29, 0.717) is 12.8 Å². The molecule has 0 saturated carbocycles. The fourth-order valence-electron chi connectivity index (χ4n) is 9.29. The van der Waals surface area contributed by atoms with Gasteiger partial charge in [0.2, 0.25) is 0 Å². The fraction of sp³-hybridized carbons (Fsp3) is 0.791. The summed E-state index contributed by atoms with van der Waals surface area (Å²) in [7, 11) is 0. The first-order chi connectivity index (χ1) is 35.6. The summed E-state index contributed by atoms with van der Waals surface area (Å²) in [6.45, 7) is 4.03. The van der Waals surface area contributed by atoms with E-state index < -0.39 is 6.10 Å². The maximum absolute atomic E-state index is 12.3. The SMILES string of the molecule is CC/C=C\C/C=C\C/C=C\C/C=C\CCCCCCCCC(=O)OC(CO)COC(=O)CCCCCCCCCCCCCCCCCCCCCCCCCCCCC/C=C\C/C=C\CCCCCCC. The van der Waals surface area contributed by atoms with E-state index in [2.05, 4.69) is 86.8 Å². The number of carbonyl (C=O) groups is 2. The van der Waals surface area contributed by atoms with Gasteiger partial charge in [0.15, 0.2) is 6.10 Å². The van der Waals surface area contributed by atoms with Crippen LogP contribution in [0.15, 0.2) is 72.9 Å². The minimum absolute atomic E-state index is 0.0710. The van der Waals surface area contributed by atoms with Gasteiger partial charge in [-0.1, -0.05) is 299 Å². The van der Waals surface area contributed by atoms with Gasteiger partial charge >= 0.3 is 11.9 Å². The fourth-order valence-corrected chi connectivity index (χ4v) is 9.29. The summed E-state index contributed by atoms with van der Waals surface area (Å²) in [4.78, 5) is 24.5. The third-order valence-electron chi connectivity index (χ3n) is 14.0. The Kier molecular flexibility index (Phi) is 60.3. The number of aliphatic hydroxyl groups is 1. The quantitative estimate of drug-likeness (QED) is 0.0373. The number of unbranched alkanes of at least 4 members (excludes halogenated alkanes) is 38. The number of hydrogen-bond acceptors (Lipinski definition) is 5. The van der Waals surface area contributed by atoms with E-state index >= 15 is 0 Å². The van der Waals surface area contributed by atoms with Crippen molar-refractivity contribution in [3.8, 4) is 0 Å². The molecule has 0 fully saturated rings. The standard InChI is InChI=1S/C67H120O5/c1-3-5-7-9-11-13-15-17-19-21-23-24-25-26-27-28-29-30-31-32-33-34-35-36-37-38-39-40-41-42-44-45-47-49-51-53-55-57-59-61-66(69)71-64-65(63-68)72-67(70)62-60-58-56-54-52-50-48-46-43-22-20-18-16-14-12-10-8-6-4-2/h6,8,12,14-15,17-18,20-21,23,43,46,65,68H,3-5,7,9-11,13,16,19,22,24-42,44-45,47-64H2,1-2H3/b8-6-,14-12-,17-15-,20-18-,23-21-,46-43-. The van der Waals surface area contributed by atoms with Crippen molar-refractivity contribution in [1.82, 2.24) is 0 Å². The lowest BCUT2D eigenvalue weighted by atomic mass is 10.0. The van der Waals surface area contributed by atoms with E-state index in [1.807, 2.05) is 0 Å². The minimum atomic E-state index is -0.782. The molecule has 0 aromatic heterocycles. The summed E-state index contributed by atoms with van der Waals surface area (Å²) in [5, 5.41) is 9.65. The molecule has 5 heteroatoms. The predicted octanol–water partition coefficient (Wildman–Crippen LogP) is 21.5. The molecule has 0 bridgehead atoms. The highest BCUT2D eigenvalue weighted by Gasteiger charge is 2.16. The molecule has 0 aromatic carbocycles. The van der Waals surface area contributed by atoms with Crippen LogP contribution in [0.5, 0.6) is 0 Å². The molecule has 0 aliphatic rings. The van der Waals surface area contributed by atoms with Crippen LogP contribution in [0.3, 0.4) is 0 Å². The lowest BCUT2D eigenvalue weighted by Crippen LogP contribution is -2.28. The normalized spacial score (nSPS) is 12.7. The van der Waals surface area contributed by atoms with Gasteiger partial charge in [0.25, 0.3) is 0 Å². The Morgan fingerprint density at radius 2 is 0.597 bits per heavy atom. The Bertz CT molecular complexity index is 1270. The van der Waals surface area contributed by atoms with E-state index in [0.717, 1.165) is 77.0 Å². The van der Waals surface area contributed by atoms with Crippen LogP contribution < -0.4 is 0 Å². The lowest BCUT2D eigenvalue weighted by molar-refractivity contribution is -0.161. The molecule has 72 heavy (non-hydrogen) atoms. The average molecular weight is 1010 g/mol. The van der Waals surface area contributed by atoms with Crippen molar-refractivity contribution in [3.63, 3.8) is 0 Å². The molecular formula is C67H120O5. The number of aliphatic hydroxyl groups excluding tert-OH is 1. The molecule has 0 aliphatic carbocycles. The number of allylic oxidation sites excluding steroid dienone is 12. The van der Waals surface area contributed by atoms with Crippen LogP contribution in [0.2, 0.25) is 0 Å². The third kappa shape index (κ3) is 59.9. The molecule has 0 amide bonds. The van der Waals surface area contributed by atoms with Crippen molar-refractivity contribution in [1.29, 1.82) is 0 Å².